The molecule has 0 aliphatic heterocycles. The second kappa shape index (κ2) is 4.13. The Kier molecular flexibility index (Phi) is 2.67. The summed E-state index contributed by atoms with van der Waals surface area (Å²) in [5.74, 6) is 0.692. The Morgan fingerprint density at radius 2 is 2.20 bits per heavy atom. The van der Waals surface area contributed by atoms with Gasteiger partial charge in [0.1, 0.15) is 11.5 Å². The first-order chi connectivity index (χ1) is 7.31. The number of aryl methyl sites for hydroxylation is 1. The quantitative estimate of drug-likeness (QED) is 0.827. The summed E-state index contributed by atoms with van der Waals surface area (Å²) in [4.78, 5) is 4.23. The van der Waals surface area contributed by atoms with E-state index >= 15 is 0 Å². The van der Waals surface area contributed by atoms with E-state index in [-0.39, 0.29) is 0 Å². The Morgan fingerprint density at radius 3 is 2.87 bits per heavy atom. The lowest BCUT2D eigenvalue weighted by Gasteiger charge is -1.99. The zero-order chi connectivity index (χ0) is 10.7. The van der Waals surface area contributed by atoms with Crippen LogP contribution in [0.4, 0.5) is 5.82 Å². The van der Waals surface area contributed by atoms with Gasteiger partial charge in [-0.3, -0.25) is 4.98 Å². The van der Waals surface area contributed by atoms with Gasteiger partial charge >= 0.3 is 0 Å². The Morgan fingerprint density at radius 1 is 1.33 bits per heavy atom. The van der Waals surface area contributed by atoms with Crippen LogP contribution in [-0.4, -0.2) is 14.8 Å². The van der Waals surface area contributed by atoms with Gasteiger partial charge in [0.2, 0.25) is 0 Å². The minimum absolute atomic E-state index is 0.692. The number of hydrogen-bond acceptors (Lipinski definition) is 3. The molecule has 0 bridgehead atoms. The molecule has 0 aromatic carbocycles. The zero-order valence-corrected chi connectivity index (χ0v) is 8.72. The maximum absolute atomic E-state index is 5.84. The highest BCUT2D eigenvalue weighted by molar-refractivity contribution is 5.57. The number of nitrogens with two attached hydrogens (primary N) is 1. The molecule has 0 amide bonds. The van der Waals surface area contributed by atoms with E-state index in [9.17, 15) is 0 Å². The van der Waals surface area contributed by atoms with Crippen LogP contribution in [0, 0.1) is 0 Å². The number of nitrogen functional groups attached to an aromatic ring is 1. The molecule has 15 heavy (non-hydrogen) atoms. The third-order valence-electron chi connectivity index (χ3n) is 2.17. The molecule has 0 fully saturated rings. The third-order valence-corrected chi connectivity index (χ3v) is 2.17. The van der Waals surface area contributed by atoms with Crippen LogP contribution in [0.2, 0.25) is 0 Å². The average Bonchev–Trinajstić information content (AvgIpc) is 2.63. The van der Waals surface area contributed by atoms with Crippen LogP contribution >= 0.6 is 0 Å². The Balaban J connectivity index is 2.34. The van der Waals surface area contributed by atoms with Crippen molar-refractivity contribution in [2.45, 2.75) is 19.9 Å². The van der Waals surface area contributed by atoms with Crippen molar-refractivity contribution >= 4 is 5.82 Å². The molecule has 0 aliphatic carbocycles. The van der Waals surface area contributed by atoms with Gasteiger partial charge in [0.25, 0.3) is 0 Å². The lowest BCUT2D eigenvalue weighted by molar-refractivity contribution is 0.613. The van der Waals surface area contributed by atoms with Crippen LogP contribution < -0.4 is 5.73 Å². The van der Waals surface area contributed by atoms with Crippen LogP contribution in [0.25, 0.3) is 11.4 Å². The van der Waals surface area contributed by atoms with Crippen LogP contribution in [0.1, 0.15) is 13.3 Å². The maximum atomic E-state index is 5.84. The molecule has 0 radical (unpaired) electrons. The molecule has 2 rings (SSSR count). The molecule has 2 N–H and O–H groups in total. The number of hydrogen-bond donors (Lipinski definition) is 1. The summed E-state index contributed by atoms with van der Waals surface area (Å²) < 4.78 is 1.81. The molecule has 78 valence electrons. The Hall–Kier alpha value is -1.84. The van der Waals surface area contributed by atoms with Crippen molar-refractivity contribution in [3.63, 3.8) is 0 Å². The minimum atomic E-state index is 0.692. The van der Waals surface area contributed by atoms with Gasteiger partial charge in [0.15, 0.2) is 0 Å². The van der Waals surface area contributed by atoms with Crippen LogP contribution in [0.15, 0.2) is 30.5 Å². The van der Waals surface area contributed by atoms with E-state index in [2.05, 4.69) is 17.0 Å². The van der Waals surface area contributed by atoms with Crippen molar-refractivity contribution in [3.8, 4) is 11.4 Å². The largest absolute Gasteiger partial charge is 0.384 e. The molecule has 0 spiro atoms. The molecule has 0 unspecified atom stereocenters. The summed E-state index contributed by atoms with van der Waals surface area (Å²) in [6, 6.07) is 7.61. The Labute approximate surface area is 88.8 Å². The second-order valence-corrected chi connectivity index (χ2v) is 3.39. The zero-order valence-electron chi connectivity index (χ0n) is 8.72. The number of nitrogens with zero attached hydrogens (tertiary/aromatic N) is 3. The van der Waals surface area contributed by atoms with Crippen LogP contribution in [-0.2, 0) is 6.54 Å². The molecule has 0 saturated carbocycles. The molecular weight excluding hydrogens is 188 g/mol. The van der Waals surface area contributed by atoms with Gasteiger partial charge in [0, 0.05) is 18.8 Å². The number of anilines is 1. The van der Waals surface area contributed by atoms with Crippen molar-refractivity contribution < 1.29 is 0 Å². The first kappa shape index (κ1) is 9.71. The predicted octanol–water partition coefficient (Wildman–Crippen LogP) is 1.94. The molecule has 4 heteroatoms. The van der Waals surface area contributed by atoms with Crippen molar-refractivity contribution in [2.24, 2.45) is 0 Å². The van der Waals surface area contributed by atoms with Gasteiger partial charge < -0.3 is 5.73 Å². The molecular formula is C11H14N4. The fourth-order valence-corrected chi connectivity index (χ4v) is 1.46. The van der Waals surface area contributed by atoms with Crippen molar-refractivity contribution in [2.75, 3.05) is 5.73 Å². The van der Waals surface area contributed by atoms with Gasteiger partial charge in [-0.2, -0.15) is 5.10 Å². The first-order valence-electron chi connectivity index (χ1n) is 5.06. The summed E-state index contributed by atoms with van der Waals surface area (Å²) >= 11 is 0. The van der Waals surface area contributed by atoms with Gasteiger partial charge in [-0.25, -0.2) is 4.68 Å². The topological polar surface area (TPSA) is 56.7 Å². The Bertz CT molecular complexity index is 433. The van der Waals surface area contributed by atoms with Gasteiger partial charge in [-0.1, -0.05) is 13.0 Å². The maximum Gasteiger partial charge on any atom is 0.122 e. The summed E-state index contributed by atoms with van der Waals surface area (Å²) in [6.45, 7) is 2.94. The SMILES string of the molecule is CCCn1nc(-c2ccccn2)cc1N. The lowest BCUT2D eigenvalue weighted by atomic mass is 10.3. The van der Waals surface area contributed by atoms with E-state index in [0.29, 0.717) is 5.82 Å². The first-order valence-corrected chi connectivity index (χ1v) is 5.06. The average molecular weight is 202 g/mol. The molecule has 0 saturated heterocycles. The van der Waals surface area contributed by atoms with Crippen molar-refractivity contribution in [3.05, 3.63) is 30.5 Å². The monoisotopic (exact) mass is 202 g/mol. The highest BCUT2D eigenvalue weighted by atomic mass is 15.3. The molecule has 2 aromatic rings. The van der Waals surface area contributed by atoms with Crippen LogP contribution in [0.5, 0.6) is 0 Å². The highest BCUT2D eigenvalue weighted by Gasteiger charge is 2.06. The van der Waals surface area contributed by atoms with Crippen molar-refractivity contribution in [1.82, 2.24) is 14.8 Å². The normalized spacial score (nSPS) is 10.5. The fraction of sp³-hybridized carbons (Fsp3) is 0.273. The summed E-state index contributed by atoms with van der Waals surface area (Å²) in [5, 5.41) is 4.40. The highest BCUT2D eigenvalue weighted by Crippen LogP contribution is 2.17. The number of pyridine rings is 1. The smallest absolute Gasteiger partial charge is 0.122 e. The fourth-order valence-electron chi connectivity index (χ4n) is 1.46. The standard InChI is InChI=1S/C11H14N4/c1-2-7-15-11(12)8-10(14-15)9-5-3-4-6-13-9/h3-6,8H,2,7,12H2,1H3. The molecule has 2 aromatic heterocycles. The third kappa shape index (κ3) is 1.98. The van der Waals surface area contributed by atoms with E-state index < -0.39 is 0 Å². The lowest BCUT2D eigenvalue weighted by Crippen LogP contribution is -2.03. The summed E-state index contributed by atoms with van der Waals surface area (Å²) in [5.41, 5.74) is 7.53. The number of aromatic nitrogens is 3. The van der Waals surface area contributed by atoms with Gasteiger partial charge in [0.05, 0.1) is 5.69 Å². The van der Waals surface area contributed by atoms with Gasteiger partial charge in [-0.15, -0.1) is 0 Å². The van der Waals surface area contributed by atoms with E-state index in [0.717, 1.165) is 24.4 Å². The van der Waals surface area contributed by atoms with Crippen LogP contribution in [0.3, 0.4) is 0 Å². The van der Waals surface area contributed by atoms with Gasteiger partial charge in [-0.05, 0) is 18.6 Å². The van der Waals surface area contributed by atoms with E-state index in [1.165, 1.54) is 0 Å². The molecule has 2 heterocycles. The molecule has 0 aliphatic rings. The van der Waals surface area contributed by atoms with E-state index in [1.54, 1.807) is 6.20 Å². The summed E-state index contributed by atoms with van der Waals surface area (Å²) in [6.07, 6.45) is 2.78. The molecule has 4 nitrogen and oxygen atoms in total. The second-order valence-electron chi connectivity index (χ2n) is 3.39. The van der Waals surface area contributed by atoms with E-state index in [4.69, 9.17) is 5.73 Å². The van der Waals surface area contributed by atoms with Crippen molar-refractivity contribution in [1.29, 1.82) is 0 Å². The summed E-state index contributed by atoms with van der Waals surface area (Å²) in [7, 11) is 0. The minimum Gasteiger partial charge on any atom is -0.384 e. The number of rotatable bonds is 3. The predicted molar refractivity (Wildman–Crippen MR) is 60.2 cm³/mol. The van der Waals surface area contributed by atoms with E-state index in [1.807, 2.05) is 28.9 Å². The molecule has 0 atom stereocenters.